The van der Waals surface area contributed by atoms with E-state index in [4.69, 9.17) is 16.3 Å². The molecule has 1 saturated carbocycles. The van der Waals surface area contributed by atoms with Crippen molar-refractivity contribution in [3.63, 3.8) is 0 Å². The Morgan fingerprint density at radius 2 is 2.11 bits per heavy atom. The molecule has 27 heavy (non-hydrogen) atoms. The number of aliphatic imine (C=N–C) groups is 1. The van der Waals surface area contributed by atoms with Crippen LogP contribution in [0.2, 0.25) is 5.02 Å². The third-order valence-electron chi connectivity index (χ3n) is 5.07. The van der Waals surface area contributed by atoms with Crippen LogP contribution in [0, 0.1) is 5.82 Å². The first-order valence-electron chi connectivity index (χ1n) is 9.39. The molecule has 1 saturated heterocycles. The first-order chi connectivity index (χ1) is 13.0. The van der Waals surface area contributed by atoms with E-state index in [0.717, 1.165) is 19.3 Å². The highest BCUT2D eigenvalue weighted by Crippen LogP contribution is 2.44. The number of nitrogens with one attached hydrogen (secondary N) is 2. The molecule has 148 valence electrons. The summed E-state index contributed by atoms with van der Waals surface area (Å²) in [5, 5.41) is 7.23. The van der Waals surface area contributed by atoms with E-state index in [0.29, 0.717) is 36.2 Å². The first kappa shape index (κ1) is 19.7. The summed E-state index contributed by atoms with van der Waals surface area (Å²) < 4.78 is 19.1. The predicted molar refractivity (Wildman–Crippen MR) is 104 cm³/mol. The van der Waals surface area contributed by atoms with Crippen LogP contribution in [0.15, 0.2) is 23.2 Å². The number of nitrogens with zero attached hydrogens (tertiary/aromatic N) is 2. The Hall–Kier alpha value is -2.02. The van der Waals surface area contributed by atoms with E-state index in [2.05, 4.69) is 15.6 Å². The molecule has 1 amide bonds. The molecule has 0 bridgehead atoms. The van der Waals surface area contributed by atoms with Crippen LogP contribution in [0.3, 0.4) is 0 Å². The highest BCUT2D eigenvalue weighted by molar-refractivity contribution is 6.31. The van der Waals surface area contributed by atoms with Crippen LogP contribution in [-0.4, -0.2) is 55.8 Å². The van der Waals surface area contributed by atoms with Crippen LogP contribution in [-0.2, 0) is 4.74 Å². The molecular formula is C19H26ClFN4O2. The fourth-order valence-electron chi connectivity index (χ4n) is 3.50. The molecule has 2 N–H and O–H groups in total. The van der Waals surface area contributed by atoms with Crippen molar-refractivity contribution in [3.05, 3.63) is 34.6 Å². The second-order valence-electron chi connectivity index (χ2n) is 6.91. The van der Waals surface area contributed by atoms with Crippen LogP contribution in [0.4, 0.5) is 9.18 Å². The van der Waals surface area contributed by atoms with Gasteiger partial charge in [-0.25, -0.2) is 9.18 Å². The zero-order chi connectivity index (χ0) is 19.4. The fraction of sp³-hybridized carbons (Fsp3) is 0.579. The summed E-state index contributed by atoms with van der Waals surface area (Å²) in [7, 11) is 1.72. The Morgan fingerprint density at radius 1 is 1.37 bits per heavy atom. The Morgan fingerprint density at radius 3 is 2.74 bits per heavy atom. The Bertz CT molecular complexity index is 687. The molecule has 1 aromatic rings. The van der Waals surface area contributed by atoms with Crippen LogP contribution in [0.5, 0.6) is 0 Å². The van der Waals surface area contributed by atoms with Crippen molar-refractivity contribution in [2.24, 2.45) is 4.99 Å². The Balaban J connectivity index is 1.48. The number of piperidine rings is 1. The first-order valence-corrected chi connectivity index (χ1v) is 9.76. The zero-order valence-corrected chi connectivity index (χ0v) is 16.4. The maximum Gasteiger partial charge on any atom is 0.409 e. The SMILES string of the molecule is CCOC(=O)N1CCC(NC(=NC)NC2CC2c2c(F)cccc2Cl)CC1. The van der Waals surface area contributed by atoms with E-state index >= 15 is 0 Å². The van der Waals surface area contributed by atoms with Crippen molar-refractivity contribution in [1.82, 2.24) is 15.5 Å². The van der Waals surface area contributed by atoms with Crippen molar-refractivity contribution in [1.29, 1.82) is 0 Å². The average Bonchev–Trinajstić information content (AvgIpc) is 3.40. The van der Waals surface area contributed by atoms with Crippen molar-refractivity contribution in [3.8, 4) is 0 Å². The minimum absolute atomic E-state index is 0.0583. The highest BCUT2D eigenvalue weighted by Gasteiger charge is 2.42. The molecule has 0 aromatic heterocycles. The lowest BCUT2D eigenvalue weighted by atomic mass is 10.1. The van der Waals surface area contributed by atoms with Gasteiger partial charge in [-0.2, -0.15) is 0 Å². The third kappa shape index (κ3) is 4.83. The second kappa shape index (κ2) is 8.78. The quantitative estimate of drug-likeness (QED) is 0.606. The van der Waals surface area contributed by atoms with Gasteiger partial charge in [0.15, 0.2) is 5.96 Å². The number of carbonyl (C=O) groups excluding carboxylic acids is 1. The monoisotopic (exact) mass is 396 g/mol. The molecule has 0 spiro atoms. The van der Waals surface area contributed by atoms with Gasteiger partial charge in [-0.3, -0.25) is 4.99 Å². The molecular weight excluding hydrogens is 371 g/mol. The smallest absolute Gasteiger partial charge is 0.409 e. The number of carbonyl (C=O) groups is 1. The lowest BCUT2D eigenvalue weighted by Gasteiger charge is -2.32. The fourth-order valence-corrected chi connectivity index (χ4v) is 3.80. The summed E-state index contributed by atoms with van der Waals surface area (Å²) in [6.45, 7) is 3.51. The molecule has 1 aromatic carbocycles. The summed E-state index contributed by atoms with van der Waals surface area (Å²) in [6, 6.07) is 5.14. The molecule has 3 rings (SSSR count). The van der Waals surface area contributed by atoms with Gasteiger partial charge in [-0.15, -0.1) is 0 Å². The normalized spacial score (nSPS) is 23.1. The van der Waals surface area contributed by atoms with E-state index < -0.39 is 0 Å². The van der Waals surface area contributed by atoms with E-state index in [9.17, 15) is 9.18 Å². The minimum Gasteiger partial charge on any atom is -0.450 e. The summed E-state index contributed by atoms with van der Waals surface area (Å²) in [6.07, 6.45) is 2.23. The molecule has 2 unspecified atom stereocenters. The Labute approximate surface area is 164 Å². The molecule has 2 atom stereocenters. The number of hydrogen-bond donors (Lipinski definition) is 2. The molecule has 8 heteroatoms. The molecule has 2 aliphatic rings. The largest absolute Gasteiger partial charge is 0.450 e. The van der Waals surface area contributed by atoms with Gasteiger partial charge in [-0.05, 0) is 38.3 Å². The summed E-state index contributed by atoms with van der Waals surface area (Å²) in [4.78, 5) is 17.8. The van der Waals surface area contributed by atoms with Gasteiger partial charge >= 0.3 is 6.09 Å². The van der Waals surface area contributed by atoms with Gasteiger partial charge in [0, 0.05) is 48.7 Å². The highest BCUT2D eigenvalue weighted by atomic mass is 35.5. The standard InChI is InChI=1S/C19H26ClFN4O2/c1-3-27-19(26)25-9-7-12(8-10-25)23-18(22-2)24-16-11-13(16)17-14(20)5-4-6-15(17)21/h4-6,12-13,16H,3,7-11H2,1-2H3,(H2,22,23,24). The number of ether oxygens (including phenoxy) is 1. The number of hydrogen-bond acceptors (Lipinski definition) is 3. The van der Waals surface area contributed by atoms with E-state index in [-0.39, 0.29) is 29.9 Å². The van der Waals surface area contributed by atoms with Crippen LogP contribution < -0.4 is 10.6 Å². The maximum atomic E-state index is 14.1. The number of halogens is 2. The summed E-state index contributed by atoms with van der Waals surface area (Å²) in [5.74, 6) is 0.499. The molecule has 1 aliphatic heterocycles. The van der Waals surface area contributed by atoms with Crippen molar-refractivity contribution in [2.45, 2.75) is 44.2 Å². The van der Waals surface area contributed by atoms with Gasteiger partial charge in [0.25, 0.3) is 0 Å². The van der Waals surface area contributed by atoms with Crippen LogP contribution >= 0.6 is 11.6 Å². The predicted octanol–water partition coefficient (Wildman–Crippen LogP) is 3.12. The van der Waals surface area contributed by atoms with Gasteiger partial charge in [-0.1, -0.05) is 17.7 Å². The molecule has 6 nitrogen and oxygen atoms in total. The Kier molecular flexibility index (Phi) is 6.42. The number of guanidine groups is 1. The zero-order valence-electron chi connectivity index (χ0n) is 15.7. The summed E-state index contributed by atoms with van der Waals surface area (Å²) in [5.41, 5.74) is 0.579. The third-order valence-corrected chi connectivity index (χ3v) is 5.40. The lowest BCUT2D eigenvalue weighted by molar-refractivity contribution is 0.0963. The molecule has 1 heterocycles. The van der Waals surface area contributed by atoms with E-state index in [1.165, 1.54) is 6.07 Å². The summed E-state index contributed by atoms with van der Waals surface area (Å²) >= 11 is 6.16. The van der Waals surface area contributed by atoms with Gasteiger partial charge in [0.1, 0.15) is 5.82 Å². The second-order valence-corrected chi connectivity index (χ2v) is 7.31. The molecule has 2 fully saturated rings. The van der Waals surface area contributed by atoms with Gasteiger partial charge in [0.05, 0.1) is 6.61 Å². The number of benzene rings is 1. The number of likely N-dealkylation sites (tertiary alicyclic amines) is 1. The van der Waals surface area contributed by atoms with Gasteiger partial charge in [0.2, 0.25) is 0 Å². The van der Waals surface area contributed by atoms with Crippen LogP contribution in [0.25, 0.3) is 0 Å². The van der Waals surface area contributed by atoms with Crippen molar-refractivity contribution >= 4 is 23.7 Å². The number of amides is 1. The minimum atomic E-state index is -0.258. The van der Waals surface area contributed by atoms with Crippen molar-refractivity contribution in [2.75, 3.05) is 26.7 Å². The van der Waals surface area contributed by atoms with E-state index in [1.807, 2.05) is 6.92 Å². The van der Waals surface area contributed by atoms with Crippen LogP contribution in [0.1, 0.15) is 37.7 Å². The number of rotatable bonds is 4. The lowest BCUT2D eigenvalue weighted by Crippen LogP contribution is -2.50. The van der Waals surface area contributed by atoms with Gasteiger partial charge < -0.3 is 20.3 Å². The molecule has 1 aliphatic carbocycles. The van der Waals surface area contributed by atoms with E-state index in [1.54, 1.807) is 24.1 Å². The maximum absolute atomic E-state index is 14.1. The topological polar surface area (TPSA) is 66.0 Å². The molecule has 0 radical (unpaired) electrons. The van der Waals surface area contributed by atoms with Crippen molar-refractivity contribution < 1.29 is 13.9 Å². The average molecular weight is 397 g/mol.